The number of aromatic nitrogens is 3. The molecule has 1 N–H and O–H groups in total. The number of carbonyl (C=O) groups is 1. The highest BCUT2D eigenvalue weighted by Gasteiger charge is 2.12. The lowest BCUT2D eigenvalue weighted by Crippen LogP contribution is -2.14. The molecule has 0 radical (unpaired) electrons. The summed E-state index contributed by atoms with van der Waals surface area (Å²) in [5.41, 5.74) is 0.329. The van der Waals surface area contributed by atoms with Crippen LogP contribution in [0.5, 0.6) is 0 Å². The third kappa shape index (κ3) is 2.42. The lowest BCUT2D eigenvalue weighted by Gasteiger charge is -2.01. The van der Waals surface area contributed by atoms with Gasteiger partial charge < -0.3 is 0 Å². The molecule has 0 aliphatic carbocycles. The lowest BCUT2D eigenvalue weighted by atomic mass is 10.3. The van der Waals surface area contributed by atoms with Crippen LogP contribution >= 0.6 is 27.5 Å². The average Bonchev–Trinajstić information content (AvgIpc) is 2.64. The van der Waals surface area contributed by atoms with Crippen molar-refractivity contribution in [3.8, 4) is 0 Å². The van der Waals surface area contributed by atoms with E-state index >= 15 is 0 Å². The van der Waals surface area contributed by atoms with Crippen molar-refractivity contribution in [2.75, 3.05) is 5.32 Å². The number of nitrogens with zero attached hydrogens (tertiary/aromatic N) is 3. The van der Waals surface area contributed by atoms with Crippen LogP contribution in [0, 0.1) is 6.92 Å². The van der Waals surface area contributed by atoms with E-state index in [9.17, 15) is 4.79 Å². The van der Waals surface area contributed by atoms with Gasteiger partial charge in [0.15, 0.2) is 0 Å². The molecule has 2 rings (SSSR count). The van der Waals surface area contributed by atoms with E-state index in [1.54, 1.807) is 25.3 Å². The first-order valence-electron chi connectivity index (χ1n) is 4.39. The van der Waals surface area contributed by atoms with Gasteiger partial charge in [-0.1, -0.05) is 0 Å². The van der Waals surface area contributed by atoms with E-state index in [-0.39, 0.29) is 5.91 Å². The molecular formula is C9H7BrN4OS. The van der Waals surface area contributed by atoms with Crippen LogP contribution in [0.25, 0.3) is 0 Å². The number of amides is 1. The van der Waals surface area contributed by atoms with Gasteiger partial charge in [-0.3, -0.25) is 10.1 Å². The Morgan fingerprint density at radius 1 is 1.56 bits per heavy atom. The molecule has 2 aromatic heterocycles. The van der Waals surface area contributed by atoms with Crippen LogP contribution in [0.1, 0.15) is 16.3 Å². The largest absolute Gasteiger partial charge is 0.295 e. The summed E-state index contributed by atoms with van der Waals surface area (Å²) in [6, 6.07) is 3.50. The van der Waals surface area contributed by atoms with Crippen LogP contribution in [-0.2, 0) is 0 Å². The van der Waals surface area contributed by atoms with Crippen molar-refractivity contribution in [1.82, 2.24) is 14.3 Å². The summed E-state index contributed by atoms with van der Waals surface area (Å²) < 4.78 is 4.62. The molecule has 1 amide bonds. The van der Waals surface area contributed by atoms with Gasteiger partial charge in [0.1, 0.15) is 11.5 Å². The van der Waals surface area contributed by atoms with Gasteiger partial charge in [0.25, 0.3) is 5.91 Å². The standard InChI is InChI=1S/C9H7BrN4OS/c1-5-12-9(16-14-5)13-8(15)7-6(10)3-2-4-11-7/h2-4H,1H3,(H,12,13,14,15). The van der Waals surface area contributed by atoms with Gasteiger partial charge in [-0.15, -0.1) is 0 Å². The fourth-order valence-corrected chi connectivity index (χ4v) is 2.06. The van der Waals surface area contributed by atoms with E-state index in [0.717, 1.165) is 11.5 Å². The molecule has 0 saturated heterocycles. The Bertz CT molecular complexity index is 528. The molecule has 7 heteroatoms. The molecule has 0 fully saturated rings. The van der Waals surface area contributed by atoms with Gasteiger partial charge in [-0.25, -0.2) is 9.97 Å². The molecule has 0 unspecified atom stereocenters. The van der Waals surface area contributed by atoms with Crippen molar-refractivity contribution in [1.29, 1.82) is 0 Å². The summed E-state index contributed by atoms with van der Waals surface area (Å²) in [7, 11) is 0. The van der Waals surface area contributed by atoms with Gasteiger partial charge in [0, 0.05) is 22.2 Å². The highest BCUT2D eigenvalue weighted by atomic mass is 79.9. The maximum Gasteiger partial charge on any atom is 0.277 e. The predicted octanol–water partition coefficient (Wildman–Crippen LogP) is 2.26. The zero-order valence-corrected chi connectivity index (χ0v) is 10.7. The highest BCUT2D eigenvalue weighted by Crippen LogP contribution is 2.16. The average molecular weight is 299 g/mol. The Kier molecular flexibility index (Phi) is 3.25. The van der Waals surface area contributed by atoms with Gasteiger partial charge in [-0.05, 0) is 35.0 Å². The van der Waals surface area contributed by atoms with Crippen LogP contribution in [0.2, 0.25) is 0 Å². The number of pyridine rings is 1. The van der Waals surface area contributed by atoms with Crippen LogP contribution < -0.4 is 5.32 Å². The van der Waals surface area contributed by atoms with Gasteiger partial charge in [0.05, 0.1) is 0 Å². The zero-order chi connectivity index (χ0) is 11.5. The topological polar surface area (TPSA) is 67.8 Å². The van der Waals surface area contributed by atoms with Crippen molar-refractivity contribution in [3.63, 3.8) is 0 Å². The first-order valence-corrected chi connectivity index (χ1v) is 5.95. The normalized spacial score (nSPS) is 10.1. The summed E-state index contributed by atoms with van der Waals surface area (Å²) in [6.45, 7) is 1.77. The Morgan fingerprint density at radius 3 is 3.00 bits per heavy atom. The second-order valence-corrected chi connectivity index (χ2v) is 4.54. The van der Waals surface area contributed by atoms with E-state index in [1.807, 2.05) is 0 Å². The van der Waals surface area contributed by atoms with E-state index < -0.39 is 0 Å². The SMILES string of the molecule is Cc1nsc(NC(=O)c2ncccc2Br)n1. The molecule has 16 heavy (non-hydrogen) atoms. The number of rotatable bonds is 2. The molecule has 0 saturated carbocycles. The fraction of sp³-hybridized carbons (Fsp3) is 0.111. The van der Waals surface area contributed by atoms with E-state index in [4.69, 9.17) is 0 Å². The number of hydrogen-bond acceptors (Lipinski definition) is 5. The second kappa shape index (κ2) is 4.67. The van der Waals surface area contributed by atoms with E-state index in [2.05, 4.69) is 35.6 Å². The van der Waals surface area contributed by atoms with Crippen molar-refractivity contribution in [2.45, 2.75) is 6.92 Å². The summed E-state index contributed by atoms with van der Waals surface area (Å²) in [6.07, 6.45) is 1.56. The minimum Gasteiger partial charge on any atom is -0.295 e. The summed E-state index contributed by atoms with van der Waals surface area (Å²) in [5, 5.41) is 3.11. The van der Waals surface area contributed by atoms with Crippen molar-refractivity contribution in [3.05, 3.63) is 34.3 Å². The Labute approximate surface area is 104 Å². The number of anilines is 1. The van der Waals surface area contributed by atoms with Crippen LogP contribution in [0.4, 0.5) is 5.13 Å². The lowest BCUT2D eigenvalue weighted by molar-refractivity contribution is 0.102. The quantitative estimate of drug-likeness (QED) is 0.923. The van der Waals surface area contributed by atoms with Gasteiger partial charge in [-0.2, -0.15) is 4.37 Å². The Balaban J connectivity index is 2.18. The molecule has 2 aromatic rings. The van der Waals surface area contributed by atoms with E-state index in [0.29, 0.717) is 21.1 Å². The fourth-order valence-electron chi connectivity index (χ4n) is 1.06. The number of hydrogen-bond donors (Lipinski definition) is 1. The van der Waals surface area contributed by atoms with Crippen molar-refractivity contribution >= 4 is 38.5 Å². The molecule has 0 bridgehead atoms. The number of carbonyl (C=O) groups excluding carboxylic acids is 1. The van der Waals surface area contributed by atoms with Crippen LogP contribution in [-0.4, -0.2) is 20.2 Å². The molecule has 2 heterocycles. The third-order valence-electron chi connectivity index (χ3n) is 1.72. The van der Waals surface area contributed by atoms with Crippen LogP contribution in [0.3, 0.4) is 0 Å². The smallest absolute Gasteiger partial charge is 0.277 e. The molecule has 0 atom stereocenters. The molecule has 5 nitrogen and oxygen atoms in total. The predicted molar refractivity (Wildman–Crippen MR) is 64.5 cm³/mol. The molecular weight excluding hydrogens is 292 g/mol. The number of nitrogens with one attached hydrogen (secondary N) is 1. The van der Waals surface area contributed by atoms with E-state index in [1.165, 1.54) is 0 Å². The minimum atomic E-state index is -0.302. The number of halogens is 1. The monoisotopic (exact) mass is 298 g/mol. The summed E-state index contributed by atoms with van der Waals surface area (Å²) in [4.78, 5) is 19.8. The first-order chi connectivity index (χ1) is 7.66. The molecule has 0 aliphatic heterocycles. The Hall–Kier alpha value is -1.34. The molecule has 82 valence electrons. The van der Waals surface area contributed by atoms with Crippen molar-refractivity contribution < 1.29 is 4.79 Å². The third-order valence-corrected chi connectivity index (χ3v) is 3.08. The maximum atomic E-state index is 11.8. The molecule has 0 aromatic carbocycles. The summed E-state index contributed by atoms with van der Waals surface area (Å²) in [5.74, 6) is 0.337. The second-order valence-electron chi connectivity index (χ2n) is 2.93. The van der Waals surface area contributed by atoms with Gasteiger partial charge in [0.2, 0.25) is 5.13 Å². The minimum absolute atomic E-state index is 0.302. The van der Waals surface area contributed by atoms with Crippen molar-refractivity contribution in [2.24, 2.45) is 0 Å². The van der Waals surface area contributed by atoms with Gasteiger partial charge >= 0.3 is 0 Å². The maximum absolute atomic E-state index is 11.8. The Morgan fingerprint density at radius 2 is 2.38 bits per heavy atom. The zero-order valence-electron chi connectivity index (χ0n) is 8.27. The number of aryl methyl sites for hydroxylation is 1. The molecule has 0 aliphatic rings. The van der Waals surface area contributed by atoms with Crippen LogP contribution in [0.15, 0.2) is 22.8 Å². The molecule has 0 spiro atoms. The summed E-state index contributed by atoms with van der Waals surface area (Å²) >= 11 is 4.40. The highest BCUT2D eigenvalue weighted by molar-refractivity contribution is 9.10. The first kappa shape index (κ1) is 11.2.